The molecular formula is C16H12ClF3N2O2. The van der Waals surface area contributed by atoms with Crippen LogP contribution in [0.2, 0.25) is 5.02 Å². The van der Waals surface area contributed by atoms with Crippen LogP contribution >= 0.6 is 11.6 Å². The van der Waals surface area contributed by atoms with E-state index in [1.807, 2.05) is 0 Å². The number of carbonyl (C=O) groups excluding carboxylic acids is 2. The molecule has 0 heterocycles. The number of hydrogen-bond donors (Lipinski definition) is 2. The molecule has 0 saturated heterocycles. The van der Waals surface area contributed by atoms with Crippen LogP contribution in [0.3, 0.4) is 0 Å². The van der Waals surface area contributed by atoms with Crippen molar-refractivity contribution < 1.29 is 22.8 Å². The molecule has 0 radical (unpaired) electrons. The summed E-state index contributed by atoms with van der Waals surface area (Å²) in [5.74, 6) is -1.20. The first-order chi connectivity index (χ1) is 11.2. The molecule has 2 aromatic rings. The highest BCUT2D eigenvalue weighted by Gasteiger charge is 2.34. The number of carbonyl (C=O) groups is 2. The van der Waals surface area contributed by atoms with Crippen LogP contribution in [-0.4, -0.2) is 11.8 Å². The zero-order chi connectivity index (χ0) is 17.9. The van der Waals surface area contributed by atoms with Crippen molar-refractivity contribution in [2.45, 2.75) is 13.1 Å². The summed E-state index contributed by atoms with van der Waals surface area (Å²) in [6, 6.07) is 8.84. The van der Waals surface area contributed by atoms with Crippen LogP contribution < -0.4 is 10.6 Å². The van der Waals surface area contributed by atoms with Crippen LogP contribution in [0.1, 0.15) is 22.8 Å². The van der Waals surface area contributed by atoms with Crippen LogP contribution in [0.15, 0.2) is 42.5 Å². The van der Waals surface area contributed by atoms with E-state index in [0.29, 0.717) is 5.02 Å². The second-order valence-corrected chi connectivity index (χ2v) is 5.34. The molecule has 0 atom stereocenters. The van der Waals surface area contributed by atoms with Crippen LogP contribution in [0.25, 0.3) is 0 Å². The summed E-state index contributed by atoms with van der Waals surface area (Å²) in [5.41, 5.74) is -1.31. The quantitative estimate of drug-likeness (QED) is 0.846. The second kappa shape index (κ2) is 6.92. The lowest BCUT2D eigenvalue weighted by Gasteiger charge is -2.15. The highest BCUT2D eigenvalue weighted by Crippen LogP contribution is 2.36. The Kier molecular flexibility index (Phi) is 5.14. The van der Waals surface area contributed by atoms with Gasteiger partial charge in [-0.2, -0.15) is 13.2 Å². The fourth-order valence-corrected chi connectivity index (χ4v) is 2.09. The van der Waals surface area contributed by atoms with Gasteiger partial charge in [-0.05, 0) is 42.5 Å². The first-order valence-corrected chi connectivity index (χ1v) is 7.10. The zero-order valence-electron chi connectivity index (χ0n) is 12.4. The zero-order valence-corrected chi connectivity index (χ0v) is 13.1. The molecule has 0 unspecified atom stereocenters. The summed E-state index contributed by atoms with van der Waals surface area (Å²) in [5, 5.41) is 4.89. The Morgan fingerprint density at radius 3 is 2.17 bits per heavy atom. The summed E-state index contributed by atoms with van der Waals surface area (Å²) in [7, 11) is 0. The van der Waals surface area contributed by atoms with Gasteiger partial charge >= 0.3 is 6.18 Å². The topological polar surface area (TPSA) is 58.2 Å². The number of rotatable bonds is 3. The molecule has 0 aromatic heterocycles. The number of benzene rings is 2. The van der Waals surface area contributed by atoms with Crippen molar-refractivity contribution in [1.82, 2.24) is 0 Å². The number of nitrogens with one attached hydrogen (secondary N) is 2. The predicted molar refractivity (Wildman–Crippen MR) is 85.2 cm³/mol. The lowest BCUT2D eigenvalue weighted by atomic mass is 10.1. The van der Waals surface area contributed by atoms with E-state index >= 15 is 0 Å². The number of alkyl halides is 3. The molecule has 0 aliphatic heterocycles. The average molecular weight is 357 g/mol. The first kappa shape index (κ1) is 17.8. The SMILES string of the molecule is CC(=O)Nc1ccc(NC(=O)c2ccc(Cl)cc2)c(C(F)(F)F)c1. The van der Waals surface area contributed by atoms with Gasteiger partial charge < -0.3 is 10.6 Å². The molecule has 0 fully saturated rings. The summed E-state index contributed by atoms with van der Waals surface area (Å²) in [6.45, 7) is 1.18. The van der Waals surface area contributed by atoms with Crippen LogP contribution in [0.5, 0.6) is 0 Å². The molecular weight excluding hydrogens is 345 g/mol. The molecule has 0 bridgehead atoms. The van der Waals surface area contributed by atoms with Gasteiger partial charge in [0.15, 0.2) is 0 Å². The van der Waals surface area contributed by atoms with Gasteiger partial charge in [0.1, 0.15) is 0 Å². The Balaban J connectivity index is 2.33. The third-order valence-electron chi connectivity index (χ3n) is 3.00. The Morgan fingerprint density at radius 1 is 1.00 bits per heavy atom. The summed E-state index contributed by atoms with van der Waals surface area (Å²) < 4.78 is 39.6. The van der Waals surface area contributed by atoms with Crippen molar-refractivity contribution in [2.75, 3.05) is 10.6 Å². The lowest BCUT2D eigenvalue weighted by molar-refractivity contribution is -0.137. The fraction of sp³-hybridized carbons (Fsp3) is 0.125. The Labute approximate surface area is 140 Å². The molecule has 0 spiro atoms. The molecule has 2 rings (SSSR count). The van der Waals surface area contributed by atoms with Gasteiger partial charge in [0.25, 0.3) is 5.91 Å². The Morgan fingerprint density at radius 2 is 1.62 bits per heavy atom. The van der Waals surface area contributed by atoms with Crippen molar-refractivity contribution in [3.8, 4) is 0 Å². The molecule has 2 amide bonds. The fourth-order valence-electron chi connectivity index (χ4n) is 1.96. The molecule has 2 N–H and O–H groups in total. The predicted octanol–water partition coefficient (Wildman–Crippen LogP) is 4.57. The monoisotopic (exact) mass is 356 g/mol. The van der Waals surface area contributed by atoms with Gasteiger partial charge in [-0.3, -0.25) is 9.59 Å². The maximum absolute atomic E-state index is 13.2. The lowest BCUT2D eigenvalue weighted by Crippen LogP contribution is -2.17. The number of halogens is 4. The van der Waals surface area contributed by atoms with Gasteiger partial charge in [0.05, 0.1) is 11.3 Å². The molecule has 0 aliphatic carbocycles. The number of amides is 2. The standard InChI is InChI=1S/C16H12ClF3N2O2/c1-9(23)21-12-6-7-14(13(8-12)16(18,19)20)22-15(24)10-2-4-11(17)5-3-10/h2-8H,1H3,(H,21,23)(H,22,24). The van der Waals surface area contributed by atoms with E-state index < -0.39 is 29.2 Å². The van der Waals surface area contributed by atoms with Crippen molar-refractivity contribution in [3.63, 3.8) is 0 Å². The summed E-state index contributed by atoms with van der Waals surface area (Å²) in [4.78, 5) is 23.1. The molecule has 126 valence electrons. The van der Waals surface area contributed by atoms with Gasteiger partial charge in [-0.25, -0.2) is 0 Å². The molecule has 0 aliphatic rings. The van der Waals surface area contributed by atoms with E-state index in [2.05, 4.69) is 10.6 Å². The Hall–Kier alpha value is -2.54. The molecule has 2 aromatic carbocycles. The normalized spacial score (nSPS) is 11.0. The second-order valence-electron chi connectivity index (χ2n) is 4.90. The van der Waals surface area contributed by atoms with Crippen molar-refractivity contribution in [1.29, 1.82) is 0 Å². The van der Waals surface area contributed by atoms with E-state index in [0.717, 1.165) is 12.1 Å². The van der Waals surface area contributed by atoms with Crippen LogP contribution in [-0.2, 0) is 11.0 Å². The van der Waals surface area contributed by atoms with Crippen LogP contribution in [0.4, 0.5) is 24.5 Å². The minimum absolute atomic E-state index is 0.0145. The minimum atomic E-state index is -4.70. The summed E-state index contributed by atoms with van der Waals surface area (Å²) in [6.07, 6.45) is -4.70. The first-order valence-electron chi connectivity index (χ1n) is 6.72. The van der Waals surface area contributed by atoms with Gasteiger partial charge in [0.2, 0.25) is 5.91 Å². The Bertz CT molecular complexity index is 774. The minimum Gasteiger partial charge on any atom is -0.326 e. The van der Waals surface area contributed by atoms with E-state index in [4.69, 9.17) is 11.6 Å². The highest BCUT2D eigenvalue weighted by molar-refractivity contribution is 6.30. The molecule has 0 saturated carbocycles. The molecule has 24 heavy (non-hydrogen) atoms. The van der Waals surface area contributed by atoms with Crippen molar-refractivity contribution in [2.24, 2.45) is 0 Å². The van der Waals surface area contributed by atoms with Crippen molar-refractivity contribution in [3.05, 3.63) is 58.6 Å². The number of hydrogen-bond acceptors (Lipinski definition) is 2. The van der Waals surface area contributed by atoms with Gasteiger partial charge in [-0.1, -0.05) is 11.6 Å². The molecule has 8 heteroatoms. The molecule has 4 nitrogen and oxygen atoms in total. The maximum atomic E-state index is 13.2. The number of anilines is 2. The average Bonchev–Trinajstić information content (AvgIpc) is 2.47. The van der Waals surface area contributed by atoms with E-state index in [1.165, 1.54) is 37.3 Å². The van der Waals surface area contributed by atoms with E-state index in [9.17, 15) is 22.8 Å². The van der Waals surface area contributed by atoms with E-state index in [1.54, 1.807) is 0 Å². The van der Waals surface area contributed by atoms with Crippen LogP contribution in [0, 0.1) is 0 Å². The third kappa shape index (κ3) is 4.48. The maximum Gasteiger partial charge on any atom is 0.418 e. The van der Waals surface area contributed by atoms with Crippen molar-refractivity contribution >= 4 is 34.8 Å². The van der Waals surface area contributed by atoms with E-state index in [-0.39, 0.29) is 11.3 Å². The summed E-state index contributed by atoms with van der Waals surface area (Å²) >= 11 is 5.71. The highest BCUT2D eigenvalue weighted by atomic mass is 35.5. The third-order valence-corrected chi connectivity index (χ3v) is 3.25. The largest absolute Gasteiger partial charge is 0.418 e. The van der Waals surface area contributed by atoms with Gasteiger partial charge in [0, 0.05) is 23.2 Å². The smallest absolute Gasteiger partial charge is 0.326 e. The van der Waals surface area contributed by atoms with Gasteiger partial charge in [-0.15, -0.1) is 0 Å².